The number of thioether (sulfide) groups is 1. The summed E-state index contributed by atoms with van der Waals surface area (Å²) < 4.78 is 4.77. The lowest BCUT2D eigenvalue weighted by atomic mass is 10.3. The Hall–Kier alpha value is -1.36. The molecule has 1 aromatic rings. The summed E-state index contributed by atoms with van der Waals surface area (Å²) in [4.78, 5) is 11.6. The standard InChI is InChI=1S/C11H14O4S/c1-2-15-11(14)5-6-16-10-7-8(12)3-4-9(10)13/h3-4,7,12-13H,2,5-6H2,1H3. The monoisotopic (exact) mass is 242 g/mol. The van der Waals surface area contributed by atoms with Crippen LogP contribution in [0.5, 0.6) is 11.5 Å². The molecule has 0 radical (unpaired) electrons. The van der Waals surface area contributed by atoms with Crippen molar-refractivity contribution < 1.29 is 19.7 Å². The Kier molecular flexibility index (Phi) is 4.98. The molecule has 0 spiro atoms. The second kappa shape index (κ2) is 6.27. The van der Waals surface area contributed by atoms with Gasteiger partial charge in [-0.15, -0.1) is 11.8 Å². The van der Waals surface area contributed by atoms with E-state index in [0.29, 0.717) is 17.3 Å². The fraction of sp³-hybridized carbons (Fsp3) is 0.364. The number of benzene rings is 1. The second-order valence-corrected chi connectivity index (χ2v) is 4.19. The molecule has 0 aliphatic heterocycles. The Morgan fingerprint density at radius 2 is 2.19 bits per heavy atom. The molecule has 0 heterocycles. The maximum atomic E-state index is 11.0. The van der Waals surface area contributed by atoms with Crippen molar-refractivity contribution in [1.82, 2.24) is 0 Å². The van der Waals surface area contributed by atoms with Crippen LogP contribution in [0.1, 0.15) is 13.3 Å². The van der Waals surface area contributed by atoms with Crippen molar-refractivity contribution >= 4 is 17.7 Å². The summed E-state index contributed by atoms with van der Waals surface area (Å²) in [5, 5.41) is 18.7. The van der Waals surface area contributed by atoms with Crippen LogP contribution < -0.4 is 0 Å². The summed E-state index contributed by atoms with van der Waals surface area (Å²) in [6.45, 7) is 2.13. The highest BCUT2D eigenvalue weighted by molar-refractivity contribution is 7.99. The van der Waals surface area contributed by atoms with E-state index in [9.17, 15) is 15.0 Å². The maximum Gasteiger partial charge on any atom is 0.306 e. The number of aromatic hydroxyl groups is 2. The Bertz CT molecular complexity index is 365. The van der Waals surface area contributed by atoms with E-state index in [2.05, 4.69) is 0 Å². The van der Waals surface area contributed by atoms with Gasteiger partial charge in [-0.1, -0.05) is 0 Å². The molecular weight excluding hydrogens is 228 g/mol. The normalized spacial score (nSPS) is 10.1. The molecule has 2 N–H and O–H groups in total. The highest BCUT2D eigenvalue weighted by atomic mass is 32.2. The first-order valence-electron chi connectivity index (χ1n) is 4.94. The smallest absolute Gasteiger partial charge is 0.306 e. The van der Waals surface area contributed by atoms with Gasteiger partial charge >= 0.3 is 5.97 Å². The molecule has 4 nitrogen and oxygen atoms in total. The predicted octanol–water partition coefficient (Wildman–Crippen LogP) is 2.14. The van der Waals surface area contributed by atoms with Gasteiger partial charge in [0.05, 0.1) is 17.9 Å². The number of hydrogen-bond donors (Lipinski definition) is 2. The average Bonchev–Trinajstić information content (AvgIpc) is 2.23. The minimum Gasteiger partial charge on any atom is -0.508 e. The van der Waals surface area contributed by atoms with E-state index < -0.39 is 0 Å². The van der Waals surface area contributed by atoms with Gasteiger partial charge < -0.3 is 14.9 Å². The summed E-state index contributed by atoms with van der Waals surface area (Å²) in [5.41, 5.74) is 0. The van der Waals surface area contributed by atoms with Crippen LogP contribution in [0, 0.1) is 0 Å². The van der Waals surface area contributed by atoms with Gasteiger partial charge in [-0.25, -0.2) is 0 Å². The van der Waals surface area contributed by atoms with Gasteiger partial charge in [0.2, 0.25) is 0 Å². The first-order chi connectivity index (χ1) is 7.63. The number of esters is 1. The number of carbonyl (C=O) groups excluding carboxylic acids is 1. The van der Waals surface area contributed by atoms with Crippen LogP contribution in [0.3, 0.4) is 0 Å². The number of phenols is 2. The number of carbonyl (C=O) groups is 1. The van der Waals surface area contributed by atoms with E-state index in [4.69, 9.17) is 4.74 Å². The molecule has 0 unspecified atom stereocenters. The van der Waals surface area contributed by atoms with Gasteiger partial charge in [0, 0.05) is 5.75 Å². The Morgan fingerprint density at radius 1 is 1.44 bits per heavy atom. The SMILES string of the molecule is CCOC(=O)CCSc1cc(O)ccc1O. The fourth-order valence-electron chi connectivity index (χ4n) is 1.10. The number of ether oxygens (including phenoxy) is 1. The molecule has 88 valence electrons. The van der Waals surface area contributed by atoms with Crippen LogP contribution in [-0.2, 0) is 9.53 Å². The van der Waals surface area contributed by atoms with Crippen LogP contribution in [0.4, 0.5) is 0 Å². The number of hydrogen-bond acceptors (Lipinski definition) is 5. The van der Waals surface area contributed by atoms with Crippen molar-refractivity contribution in [3.8, 4) is 11.5 Å². The minimum absolute atomic E-state index is 0.0939. The maximum absolute atomic E-state index is 11.0. The molecule has 0 fully saturated rings. The molecule has 0 amide bonds. The molecular formula is C11H14O4S. The highest BCUT2D eigenvalue weighted by Crippen LogP contribution is 2.31. The molecule has 0 atom stereocenters. The molecule has 16 heavy (non-hydrogen) atoms. The second-order valence-electron chi connectivity index (χ2n) is 3.06. The van der Waals surface area contributed by atoms with Crippen LogP contribution >= 0.6 is 11.8 Å². The zero-order valence-corrected chi connectivity index (χ0v) is 9.79. The summed E-state index contributed by atoms with van der Waals surface area (Å²) >= 11 is 1.30. The van der Waals surface area contributed by atoms with E-state index in [1.54, 1.807) is 6.92 Å². The first kappa shape index (κ1) is 12.7. The lowest BCUT2D eigenvalue weighted by Crippen LogP contribution is -2.04. The van der Waals surface area contributed by atoms with E-state index in [-0.39, 0.29) is 23.9 Å². The van der Waals surface area contributed by atoms with Gasteiger partial charge in [-0.3, -0.25) is 4.79 Å². The van der Waals surface area contributed by atoms with Crippen LogP contribution in [0.2, 0.25) is 0 Å². The average molecular weight is 242 g/mol. The molecule has 1 rings (SSSR count). The molecule has 0 aliphatic carbocycles. The minimum atomic E-state index is -0.255. The first-order valence-corrected chi connectivity index (χ1v) is 5.92. The van der Waals surface area contributed by atoms with Gasteiger partial charge in [0.1, 0.15) is 11.5 Å². The molecule has 1 aromatic carbocycles. The van der Waals surface area contributed by atoms with Gasteiger partial charge in [-0.2, -0.15) is 0 Å². The third-order valence-corrected chi connectivity index (χ3v) is 2.86. The van der Waals surface area contributed by atoms with Crippen molar-refractivity contribution in [2.75, 3.05) is 12.4 Å². The van der Waals surface area contributed by atoms with Gasteiger partial charge in [-0.05, 0) is 25.1 Å². The van der Waals surface area contributed by atoms with Crippen molar-refractivity contribution in [2.24, 2.45) is 0 Å². The van der Waals surface area contributed by atoms with E-state index in [1.165, 1.54) is 30.0 Å². The van der Waals surface area contributed by atoms with E-state index in [1.807, 2.05) is 0 Å². The summed E-state index contributed by atoms with van der Waals surface area (Å²) in [7, 11) is 0. The summed E-state index contributed by atoms with van der Waals surface area (Å²) in [6.07, 6.45) is 0.285. The zero-order valence-electron chi connectivity index (χ0n) is 8.97. The van der Waals surface area contributed by atoms with E-state index >= 15 is 0 Å². The predicted molar refractivity (Wildman–Crippen MR) is 61.7 cm³/mol. The highest BCUT2D eigenvalue weighted by Gasteiger charge is 2.06. The number of phenolic OH excluding ortho intramolecular Hbond substituents is 2. The lowest BCUT2D eigenvalue weighted by Gasteiger charge is -2.04. The molecule has 0 saturated heterocycles. The Morgan fingerprint density at radius 3 is 2.88 bits per heavy atom. The quantitative estimate of drug-likeness (QED) is 0.470. The summed E-state index contributed by atoms with van der Waals surface area (Å²) in [6, 6.07) is 4.29. The molecule has 0 bridgehead atoms. The van der Waals surface area contributed by atoms with Crippen molar-refractivity contribution in [3.63, 3.8) is 0 Å². The largest absolute Gasteiger partial charge is 0.508 e. The van der Waals surface area contributed by atoms with Crippen molar-refractivity contribution in [2.45, 2.75) is 18.2 Å². The molecule has 0 aliphatic rings. The summed E-state index contributed by atoms with van der Waals surface area (Å²) in [5.74, 6) is 0.452. The zero-order chi connectivity index (χ0) is 12.0. The molecule has 0 aromatic heterocycles. The fourth-order valence-corrected chi connectivity index (χ4v) is 2.00. The molecule has 5 heteroatoms. The van der Waals surface area contributed by atoms with Gasteiger partial charge in [0.25, 0.3) is 0 Å². The Labute approximate surface area is 98.2 Å². The Balaban J connectivity index is 2.42. The third-order valence-electron chi connectivity index (χ3n) is 1.81. The van der Waals surface area contributed by atoms with E-state index in [0.717, 1.165) is 0 Å². The lowest BCUT2D eigenvalue weighted by molar-refractivity contribution is -0.142. The topological polar surface area (TPSA) is 66.8 Å². The molecule has 0 saturated carbocycles. The van der Waals surface area contributed by atoms with Crippen molar-refractivity contribution in [3.05, 3.63) is 18.2 Å². The third kappa shape index (κ3) is 4.02. The van der Waals surface area contributed by atoms with Crippen LogP contribution in [0.15, 0.2) is 23.1 Å². The van der Waals surface area contributed by atoms with Crippen molar-refractivity contribution in [1.29, 1.82) is 0 Å². The van der Waals surface area contributed by atoms with Crippen LogP contribution in [-0.4, -0.2) is 28.5 Å². The van der Waals surface area contributed by atoms with Crippen LogP contribution in [0.25, 0.3) is 0 Å². The van der Waals surface area contributed by atoms with Gasteiger partial charge in [0.15, 0.2) is 0 Å². The number of rotatable bonds is 5.